The number of aryl methyl sites for hydroxylation is 1. The topological polar surface area (TPSA) is 74.5 Å². The standard InChI is InChI=1S/C21H29N5O/c1-3-18(22)21(27)24-15-17-8-6-10-23-20(17)26-13-11-25(12-14-26)19-9-5-4-7-16(19)2/h4-10,18H,3,11-15,22H2,1-2H3,(H,24,27)/t18-/m0/s1. The maximum absolute atomic E-state index is 12.0. The second-order valence-corrected chi connectivity index (χ2v) is 6.98. The van der Waals surface area contributed by atoms with Crippen LogP contribution in [-0.2, 0) is 11.3 Å². The number of amides is 1. The van der Waals surface area contributed by atoms with E-state index in [0.29, 0.717) is 13.0 Å². The van der Waals surface area contributed by atoms with Gasteiger partial charge in [-0.05, 0) is 31.0 Å². The Morgan fingerprint density at radius 1 is 1.15 bits per heavy atom. The number of nitrogens with two attached hydrogens (primary N) is 1. The summed E-state index contributed by atoms with van der Waals surface area (Å²) in [7, 11) is 0. The van der Waals surface area contributed by atoms with E-state index in [1.807, 2.05) is 25.3 Å². The minimum Gasteiger partial charge on any atom is -0.368 e. The van der Waals surface area contributed by atoms with Crippen LogP contribution in [0.2, 0.25) is 0 Å². The van der Waals surface area contributed by atoms with Gasteiger partial charge in [0, 0.05) is 50.2 Å². The lowest BCUT2D eigenvalue weighted by molar-refractivity contribution is -0.122. The lowest BCUT2D eigenvalue weighted by Gasteiger charge is -2.38. The minimum atomic E-state index is -0.456. The molecule has 6 heteroatoms. The fraction of sp³-hybridized carbons (Fsp3) is 0.429. The van der Waals surface area contributed by atoms with E-state index >= 15 is 0 Å². The molecule has 0 spiro atoms. The van der Waals surface area contributed by atoms with Gasteiger partial charge in [-0.2, -0.15) is 0 Å². The van der Waals surface area contributed by atoms with Crippen LogP contribution in [0.1, 0.15) is 24.5 Å². The first-order valence-electron chi connectivity index (χ1n) is 9.63. The van der Waals surface area contributed by atoms with Crippen molar-refractivity contribution < 1.29 is 4.79 Å². The number of carbonyl (C=O) groups is 1. The van der Waals surface area contributed by atoms with Gasteiger partial charge in [0.05, 0.1) is 6.04 Å². The van der Waals surface area contributed by atoms with Gasteiger partial charge in [0.15, 0.2) is 0 Å². The lowest BCUT2D eigenvalue weighted by atomic mass is 10.1. The van der Waals surface area contributed by atoms with Crippen LogP contribution in [-0.4, -0.2) is 43.1 Å². The second-order valence-electron chi connectivity index (χ2n) is 6.98. The van der Waals surface area contributed by atoms with Crippen molar-refractivity contribution in [1.82, 2.24) is 10.3 Å². The van der Waals surface area contributed by atoms with Crippen LogP contribution in [0.25, 0.3) is 0 Å². The highest BCUT2D eigenvalue weighted by Crippen LogP contribution is 2.24. The summed E-state index contributed by atoms with van der Waals surface area (Å²) in [6.45, 7) is 8.23. The highest BCUT2D eigenvalue weighted by atomic mass is 16.2. The van der Waals surface area contributed by atoms with E-state index in [2.05, 4.69) is 51.3 Å². The van der Waals surface area contributed by atoms with E-state index in [-0.39, 0.29) is 5.91 Å². The first kappa shape index (κ1) is 19.2. The Labute approximate surface area is 161 Å². The molecule has 1 atom stereocenters. The molecule has 1 amide bonds. The molecule has 2 aromatic rings. The minimum absolute atomic E-state index is 0.114. The van der Waals surface area contributed by atoms with Gasteiger partial charge >= 0.3 is 0 Å². The van der Waals surface area contributed by atoms with Crippen LogP contribution >= 0.6 is 0 Å². The van der Waals surface area contributed by atoms with Gasteiger partial charge in [0.2, 0.25) is 5.91 Å². The predicted octanol–water partition coefficient (Wildman–Crippen LogP) is 2.07. The average Bonchev–Trinajstić information content (AvgIpc) is 2.72. The Morgan fingerprint density at radius 3 is 2.56 bits per heavy atom. The Kier molecular flexibility index (Phi) is 6.29. The number of pyridine rings is 1. The molecule has 0 radical (unpaired) electrons. The van der Waals surface area contributed by atoms with Crippen LogP contribution in [0.4, 0.5) is 11.5 Å². The van der Waals surface area contributed by atoms with Crippen molar-refractivity contribution in [2.24, 2.45) is 5.73 Å². The van der Waals surface area contributed by atoms with Gasteiger partial charge in [-0.3, -0.25) is 4.79 Å². The van der Waals surface area contributed by atoms with Gasteiger partial charge in [0.25, 0.3) is 0 Å². The molecule has 0 aliphatic carbocycles. The number of anilines is 2. The molecule has 1 aromatic heterocycles. The van der Waals surface area contributed by atoms with Gasteiger partial charge in [0.1, 0.15) is 5.82 Å². The lowest BCUT2D eigenvalue weighted by Crippen LogP contribution is -2.47. The normalized spacial score (nSPS) is 15.5. The van der Waals surface area contributed by atoms with Gasteiger partial charge in [-0.15, -0.1) is 0 Å². The molecule has 144 valence electrons. The van der Waals surface area contributed by atoms with Crippen LogP contribution in [0.5, 0.6) is 0 Å². The fourth-order valence-electron chi connectivity index (χ4n) is 3.43. The third-order valence-corrected chi connectivity index (χ3v) is 5.13. The molecular weight excluding hydrogens is 338 g/mol. The highest BCUT2D eigenvalue weighted by Gasteiger charge is 2.21. The Balaban J connectivity index is 1.64. The van der Waals surface area contributed by atoms with E-state index in [4.69, 9.17) is 5.73 Å². The first-order chi connectivity index (χ1) is 13.1. The number of piperazine rings is 1. The zero-order valence-corrected chi connectivity index (χ0v) is 16.2. The van der Waals surface area contributed by atoms with E-state index in [1.165, 1.54) is 11.3 Å². The molecule has 1 fully saturated rings. The Hall–Kier alpha value is -2.60. The van der Waals surface area contributed by atoms with Gasteiger partial charge in [-0.1, -0.05) is 31.2 Å². The van der Waals surface area contributed by atoms with Crippen molar-refractivity contribution in [3.8, 4) is 0 Å². The monoisotopic (exact) mass is 367 g/mol. The van der Waals surface area contributed by atoms with Crippen LogP contribution < -0.4 is 20.9 Å². The molecule has 27 heavy (non-hydrogen) atoms. The zero-order chi connectivity index (χ0) is 19.2. The van der Waals surface area contributed by atoms with E-state index in [1.54, 1.807) is 0 Å². The molecule has 1 saturated heterocycles. The van der Waals surface area contributed by atoms with E-state index in [9.17, 15) is 4.79 Å². The Morgan fingerprint density at radius 2 is 1.85 bits per heavy atom. The molecule has 0 unspecified atom stereocenters. The van der Waals surface area contributed by atoms with Crippen LogP contribution in [0.15, 0.2) is 42.6 Å². The molecular formula is C21H29N5O. The first-order valence-corrected chi connectivity index (χ1v) is 9.63. The summed E-state index contributed by atoms with van der Waals surface area (Å²) in [5.74, 6) is 0.837. The molecule has 0 saturated carbocycles. The molecule has 1 aliphatic rings. The van der Waals surface area contributed by atoms with Crippen molar-refractivity contribution in [2.45, 2.75) is 32.9 Å². The van der Waals surface area contributed by atoms with Crippen LogP contribution in [0, 0.1) is 6.92 Å². The fourth-order valence-corrected chi connectivity index (χ4v) is 3.43. The average molecular weight is 367 g/mol. The second kappa shape index (κ2) is 8.86. The van der Waals surface area contributed by atoms with Crippen LogP contribution in [0.3, 0.4) is 0 Å². The van der Waals surface area contributed by atoms with E-state index in [0.717, 1.165) is 37.6 Å². The number of nitrogens with one attached hydrogen (secondary N) is 1. The summed E-state index contributed by atoms with van der Waals surface area (Å²) in [5, 5.41) is 2.93. The van der Waals surface area contributed by atoms with Crippen molar-refractivity contribution in [3.63, 3.8) is 0 Å². The number of benzene rings is 1. The maximum atomic E-state index is 12.0. The van der Waals surface area contributed by atoms with Gasteiger partial charge < -0.3 is 20.9 Å². The summed E-state index contributed by atoms with van der Waals surface area (Å²) >= 11 is 0. The smallest absolute Gasteiger partial charge is 0.237 e. The molecule has 6 nitrogen and oxygen atoms in total. The summed E-state index contributed by atoms with van der Waals surface area (Å²) < 4.78 is 0. The zero-order valence-electron chi connectivity index (χ0n) is 16.2. The van der Waals surface area contributed by atoms with Gasteiger partial charge in [-0.25, -0.2) is 4.98 Å². The Bertz CT molecular complexity index is 771. The molecule has 3 rings (SSSR count). The molecule has 1 aromatic carbocycles. The van der Waals surface area contributed by atoms with E-state index < -0.39 is 6.04 Å². The van der Waals surface area contributed by atoms with Crippen molar-refractivity contribution in [3.05, 3.63) is 53.7 Å². The number of rotatable bonds is 6. The van der Waals surface area contributed by atoms with Crippen molar-refractivity contribution in [2.75, 3.05) is 36.0 Å². The molecule has 0 bridgehead atoms. The molecule has 2 heterocycles. The third-order valence-electron chi connectivity index (χ3n) is 5.13. The summed E-state index contributed by atoms with van der Waals surface area (Å²) in [6.07, 6.45) is 2.44. The molecule has 1 aliphatic heterocycles. The molecule has 3 N–H and O–H groups in total. The number of para-hydroxylation sites is 1. The number of aromatic nitrogens is 1. The van der Waals surface area contributed by atoms with Crippen molar-refractivity contribution >= 4 is 17.4 Å². The predicted molar refractivity (Wildman–Crippen MR) is 110 cm³/mol. The number of nitrogens with zero attached hydrogens (tertiary/aromatic N) is 3. The number of hydrogen-bond donors (Lipinski definition) is 2. The quantitative estimate of drug-likeness (QED) is 0.818. The van der Waals surface area contributed by atoms with Crippen molar-refractivity contribution in [1.29, 1.82) is 0 Å². The third kappa shape index (κ3) is 4.57. The SMILES string of the molecule is CC[C@H](N)C(=O)NCc1cccnc1N1CCN(c2ccccc2C)CC1. The summed E-state index contributed by atoms with van der Waals surface area (Å²) in [4.78, 5) is 21.3. The number of hydrogen-bond acceptors (Lipinski definition) is 5. The summed E-state index contributed by atoms with van der Waals surface area (Å²) in [6, 6.07) is 12.0. The largest absolute Gasteiger partial charge is 0.368 e. The number of carbonyl (C=O) groups excluding carboxylic acids is 1. The summed E-state index contributed by atoms with van der Waals surface area (Å²) in [5.41, 5.74) is 9.44. The highest BCUT2D eigenvalue weighted by molar-refractivity contribution is 5.81. The maximum Gasteiger partial charge on any atom is 0.237 e.